The first kappa shape index (κ1) is 15.0. The summed E-state index contributed by atoms with van der Waals surface area (Å²) in [5.74, 6) is 1.78. The molecule has 2 nitrogen and oxygen atoms in total. The van der Waals surface area contributed by atoms with E-state index in [9.17, 15) is 0 Å². The molecule has 1 saturated carbocycles. The van der Waals surface area contributed by atoms with Crippen molar-refractivity contribution in [1.29, 1.82) is 0 Å². The minimum atomic E-state index is 0.403. The number of aromatic nitrogens is 1. The van der Waals surface area contributed by atoms with Gasteiger partial charge in [0.25, 0.3) is 0 Å². The summed E-state index contributed by atoms with van der Waals surface area (Å²) in [6.07, 6.45) is 7.48. The molecule has 0 radical (unpaired) electrons. The molecule has 0 aromatic carbocycles. The number of hydrogen-bond donors (Lipinski definition) is 1. The molecule has 1 N–H and O–H groups in total. The lowest BCUT2D eigenvalue weighted by molar-refractivity contribution is 0.148. The summed E-state index contributed by atoms with van der Waals surface area (Å²) in [5, 5.41) is 6.93. The van der Waals surface area contributed by atoms with Crippen LogP contribution in [0, 0.1) is 17.3 Å². The average Bonchev–Trinajstić information content (AvgIpc) is 2.89. The summed E-state index contributed by atoms with van der Waals surface area (Å²) >= 11 is 1.75. The minimum absolute atomic E-state index is 0.403. The highest BCUT2D eigenvalue weighted by atomic mass is 32.1. The molecule has 1 atom stereocenters. The van der Waals surface area contributed by atoms with Gasteiger partial charge in [0.1, 0.15) is 5.01 Å². The third-order valence-corrected chi connectivity index (χ3v) is 5.56. The fourth-order valence-electron chi connectivity index (χ4n) is 3.11. The van der Waals surface area contributed by atoms with Crippen molar-refractivity contribution in [2.24, 2.45) is 17.3 Å². The molecule has 1 heterocycles. The van der Waals surface area contributed by atoms with Crippen molar-refractivity contribution in [1.82, 2.24) is 10.3 Å². The van der Waals surface area contributed by atoms with E-state index in [2.05, 4.69) is 43.4 Å². The molecule has 0 bridgehead atoms. The fraction of sp³-hybridized carbons (Fsp3) is 0.812. The Kier molecular flexibility index (Phi) is 5.02. The zero-order valence-corrected chi connectivity index (χ0v) is 13.6. The molecule has 0 amide bonds. The SMILES string of the molecule is CC(NCC1CCC(C(C)(C)C)CC1)c1nccs1. The second kappa shape index (κ2) is 6.36. The van der Waals surface area contributed by atoms with Crippen LogP contribution in [-0.2, 0) is 0 Å². The lowest BCUT2D eigenvalue weighted by Crippen LogP contribution is -2.31. The first-order valence-corrected chi connectivity index (χ1v) is 8.47. The number of hydrogen-bond acceptors (Lipinski definition) is 3. The van der Waals surface area contributed by atoms with Gasteiger partial charge in [0, 0.05) is 11.6 Å². The van der Waals surface area contributed by atoms with Crippen LogP contribution in [0.3, 0.4) is 0 Å². The van der Waals surface area contributed by atoms with Crippen LogP contribution >= 0.6 is 11.3 Å². The third-order valence-electron chi connectivity index (χ3n) is 4.61. The van der Waals surface area contributed by atoms with E-state index in [-0.39, 0.29) is 0 Å². The van der Waals surface area contributed by atoms with Gasteiger partial charge in [0.2, 0.25) is 0 Å². The van der Waals surface area contributed by atoms with E-state index in [0.717, 1.165) is 18.4 Å². The molecule has 0 saturated heterocycles. The monoisotopic (exact) mass is 280 g/mol. The molecular weight excluding hydrogens is 252 g/mol. The highest BCUT2D eigenvalue weighted by molar-refractivity contribution is 7.09. The largest absolute Gasteiger partial charge is 0.308 e. The Balaban J connectivity index is 1.71. The Morgan fingerprint density at radius 1 is 1.32 bits per heavy atom. The molecule has 1 aliphatic carbocycles. The molecular formula is C16H28N2S. The van der Waals surface area contributed by atoms with E-state index in [0.29, 0.717) is 11.5 Å². The van der Waals surface area contributed by atoms with Crippen LogP contribution in [0.4, 0.5) is 0 Å². The van der Waals surface area contributed by atoms with Gasteiger partial charge in [-0.25, -0.2) is 4.98 Å². The molecule has 0 aliphatic heterocycles. The number of rotatable bonds is 4. The van der Waals surface area contributed by atoms with Crippen molar-refractivity contribution in [3.05, 3.63) is 16.6 Å². The molecule has 19 heavy (non-hydrogen) atoms. The molecule has 1 fully saturated rings. The second-order valence-electron chi connectivity index (χ2n) is 7.08. The molecule has 1 aromatic heterocycles. The van der Waals surface area contributed by atoms with Gasteiger partial charge in [-0.2, -0.15) is 0 Å². The van der Waals surface area contributed by atoms with Crippen LogP contribution in [0.15, 0.2) is 11.6 Å². The Morgan fingerprint density at radius 2 is 2.00 bits per heavy atom. The first-order valence-electron chi connectivity index (χ1n) is 7.59. The van der Waals surface area contributed by atoms with Crippen LogP contribution < -0.4 is 5.32 Å². The lowest BCUT2D eigenvalue weighted by Gasteiger charge is -2.37. The highest BCUT2D eigenvalue weighted by Gasteiger charge is 2.29. The van der Waals surface area contributed by atoms with Crippen molar-refractivity contribution < 1.29 is 0 Å². The van der Waals surface area contributed by atoms with Gasteiger partial charge in [0.05, 0.1) is 6.04 Å². The molecule has 0 spiro atoms. The summed E-state index contributed by atoms with van der Waals surface area (Å²) in [7, 11) is 0. The molecule has 1 aromatic rings. The predicted octanol–water partition coefficient (Wildman–Crippen LogP) is 4.65. The van der Waals surface area contributed by atoms with Crippen LogP contribution in [-0.4, -0.2) is 11.5 Å². The molecule has 2 rings (SSSR count). The van der Waals surface area contributed by atoms with E-state index in [1.807, 2.05) is 6.20 Å². The van der Waals surface area contributed by atoms with E-state index in [1.54, 1.807) is 11.3 Å². The Labute approximate surface area is 122 Å². The van der Waals surface area contributed by atoms with Gasteiger partial charge in [0.15, 0.2) is 0 Å². The van der Waals surface area contributed by atoms with Crippen molar-refractivity contribution in [2.75, 3.05) is 6.54 Å². The van der Waals surface area contributed by atoms with E-state index < -0.39 is 0 Å². The summed E-state index contributed by atoms with van der Waals surface area (Å²) < 4.78 is 0. The third kappa shape index (κ3) is 4.28. The van der Waals surface area contributed by atoms with Crippen LogP contribution in [0.1, 0.15) is 64.4 Å². The first-order chi connectivity index (χ1) is 8.97. The zero-order chi connectivity index (χ0) is 13.9. The van der Waals surface area contributed by atoms with Crippen molar-refractivity contribution >= 4 is 11.3 Å². The van der Waals surface area contributed by atoms with Gasteiger partial charge in [-0.05, 0) is 56.4 Å². The number of nitrogens with one attached hydrogen (secondary N) is 1. The maximum atomic E-state index is 4.38. The van der Waals surface area contributed by atoms with Gasteiger partial charge in [-0.3, -0.25) is 0 Å². The van der Waals surface area contributed by atoms with Gasteiger partial charge in [-0.15, -0.1) is 11.3 Å². The highest BCUT2D eigenvalue weighted by Crippen LogP contribution is 2.39. The zero-order valence-electron chi connectivity index (χ0n) is 12.8. The van der Waals surface area contributed by atoms with E-state index >= 15 is 0 Å². The smallest absolute Gasteiger partial charge is 0.109 e. The van der Waals surface area contributed by atoms with Crippen molar-refractivity contribution in [3.63, 3.8) is 0 Å². The topological polar surface area (TPSA) is 24.9 Å². The maximum absolute atomic E-state index is 4.38. The quantitative estimate of drug-likeness (QED) is 0.868. The molecule has 108 valence electrons. The van der Waals surface area contributed by atoms with Crippen molar-refractivity contribution in [2.45, 2.75) is 59.4 Å². The predicted molar refractivity (Wildman–Crippen MR) is 83.4 cm³/mol. The maximum Gasteiger partial charge on any atom is 0.109 e. The Morgan fingerprint density at radius 3 is 2.53 bits per heavy atom. The van der Waals surface area contributed by atoms with Crippen molar-refractivity contribution in [3.8, 4) is 0 Å². The molecule has 3 heteroatoms. The van der Waals surface area contributed by atoms with Crippen LogP contribution in [0.5, 0.6) is 0 Å². The van der Waals surface area contributed by atoms with E-state index in [1.165, 1.54) is 30.7 Å². The van der Waals surface area contributed by atoms with Crippen LogP contribution in [0.2, 0.25) is 0 Å². The fourth-order valence-corrected chi connectivity index (χ4v) is 3.78. The lowest BCUT2D eigenvalue weighted by atomic mass is 9.70. The van der Waals surface area contributed by atoms with Gasteiger partial charge >= 0.3 is 0 Å². The summed E-state index contributed by atoms with van der Waals surface area (Å²) in [4.78, 5) is 4.38. The summed E-state index contributed by atoms with van der Waals surface area (Å²) in [6, 6.07) is 0.403. The van der Waals surface area contributed by atoms with Crippen LogP contribution in [0.25, 0.3) is 0 Å². The van der Waals surface area contributed by atoms with Gasteiger partial charge < -0.3 is 5.32 Å². The summed E-state index contributed by atoms with van der Waals surface area (Å²) in [6.45, 7) is 10.5. The number of nitrogens with zero attached hydrogens (tertiary/aromatic N) is 1. The van der Waals surface area contributed by atoms with E-state index in [4.69, 9.17) is 0 Å². The summed E-state index contributed by atoms with van der Waals surface area (Å²) in [5.41, 5.74) is 0.493. The Hall–Kier alpha value is -0.410. The normalized spacial score (nSPS) is 26.3. The molecule has 1 unspecified atom stereocenters. The Bertz CT molecular complexity index is 359. The van der Waals surface area contributed by atoms with Gasteiger partial charge in [-0.1, -0.05) is 20.8 Å². The second-order valence-corrected chi connectivity index (χ2v) is 8.01. The standard InChI is InChI=1S/C16H28N2S/c1-12(15-17-9-10-19-15)18-11-13-5-7-14(8-6-13)16(2,3)4/h9-10,12-14,18H,5-8,11H2,1-4H3. The number of thiazole rings is 1. The average molecular weight is 280 g/mol. The molecule has 1 aliphatic rings. The minimum Gasteiger partial charge on any atom is -0.308 e.